The number of hydrogen-bond donors (Lipinski definition) is 2. The van der Waals surface area contributed by atoms with Crippen LogP contribution in [-0.4, -0.2) is 26.0 Å². The third-order valence-corrected chi connectivity index (χ3v) is 2.84. The van der Waals surface area contributed by atoms with Gasteiger partial charge in [-0.05, 0) is 31.2 Å². The van der Waals surface area contributed by atoms with Crippen molar-refractivity contribution >= 4 is 29.9 Å². The summed E-state index contributed by atoms with van der Waals surface area (Å²) in [5.41, 5.74) is 1.18. The van der Waals surface area contributed by atoms with E-state index in [-0.39, 0.29) is 24.2 Å². The molecule has 0 aromatic heterocycles. The van der Waals surface area contributed by atoms with Crippen LogP contribution in [0.15, 0.2) is 24.3 Å². The molecule has 0 saturated heterocycles. The van der Waals surface area contributed by atoms with Crippen LogP contribution in [0.1, 0.15) is 12.5 Å². The molecule has 0 aliphatic rings. The van der Waals surface area contributed by atoms with Gasteiger partial charge in [-0.2, -0.15) is 0 Å². The van der Waals surface area contributed by atoms with Crippen molar-refractivity contribution in [2.75, 3.05) is 20.1 Å². The Morgan fingerprint density at radius 1 is 1.33 bits per heavy atom. The molecule has 1 unspecified atom stereocenters. The second kappa shape index (κ2) is 9.20. The van der Waals surface area contributed by atoms with Crippen molar-refractivity contribution in [1.82, 2.24) is 10.6 Å². The third-order valence-electron chi connectivity index (χ3n) is 2.58. The molecule has 5 heteroatoms. The summed E-state index contributed by atoms with van der Waals surface area (Å²) >= 11 is 5.80. The van der Waals surface area contributed by atoms with Crippen molar-refractivity contribution in [3.8, 4) is 0 Å². The maximum absolute atomic E-state index is 11.6. The van der Waals surface area contributed by atoms with Gasteiger partial charge in [0.05, 0.1) is 0 Å². The standard InChI is InChI=1S/C13H19ClN2O.ClH/c1-10(9-15-2)13(17)16-8-7-11-3-5-12(14)6-4-11;/h3-6,10,15H,7-9H2,1-2H3,(H,16,17);1H. The van der Waals surface area contributed by atoms with Gasteiger partial charge in [0, 0.05) is 24.0 Å². The van der Waals surface area contributed by atoms with Crippen molar-refractivity contribution in [3.05, 3.63) is 34.9 Å². The van der Waals surface area contributed by atoms with Gasteiger partial charge in [-0.3, -0.25) is 4.79 Å². The highest BCUT2D eigenvalue weighted by atomic mass is 35.5. The molecule has 0 saturated carbocycles. The van der Waals surface area contributed by atoms with Gasteiger partial charge >= 0.3 is 0 Å². The molecule has 0 spiro atoms. The number of halogens is 2. The van der Waals surface area contributed by atoms with Crippen LogP contribution >= 0.6 is 24.0 Å². The second-order valence-electron chi connectivity index (χ2n) is 4.13. The van der Waals surface area contributed by atoms with Crippen LogP contribution < -0.4 is 10.6 Å². The first-order chi connectivity index (χ1) is 8.13. The van der Waals surface area contributed by atoms with Gasteiger partial charge in [0.15, 0.2) is 0 Å². The van der Waals surface area contributed by atoms with Crippen molar-refractivity contribution in [2.24, 2.45) is 5.92 Å². The molecule has 102 valence electrons. The highest BCUT2D eigenvalue weighted by Gasteiger charge is 2.10. The van der Waals surface area contributed by atoms with Gasteiger partial charge in [-0.25, -0.2) is 0 Å². The minimum absolute atomic E-state index is 0. The number of hydrogen-bond acceptors (Lipinski definition) is 2. The molecule has 3 nitrogen and oxygen atoms in total. The van der Waals surface area contributed by atoms with E-state index in [9.17, 15) is 4.79 Å². The minimum Gasteiger partial charge on any atom is -0.355 e. The molecule has 1 rings (SSSR count). The van der Waals surface area contributed by atoms with Crippen molar-refractivity contribution in [2.45, 2.75) is 13.3 Å². The van der Waals surface area contributed by atoms with Gasteiger partial charge in [-0.1, -0.05) is 30.7 Å². The quantitative estimate of drug-likeness (QED) is 0.844. The van der Waals surface area contributed by atoms with E-state index in [1.165, 1.54) is 5.56 Å². The molecule has 2 N–H and O–H groups in total. The molecule has 0 radical (unpaired) electrons. The lowest BCUT2D eigenvalue weighted by atomic mass is 10.1. The fourth-order valence-electron chi connectivity index (χ4n) is 1.55. The van der Waals surface area contributed by atoms with Gasteiger partial charge in [0.25, 0.3) is 0 Å². The van der Waals surface area contributed by atoms with Crippen LogP contribution in [0.4, 0.5) is 0 Å². The molecule has 18 heavy (non-hydrogen) atoms. The lowest BCUT2D eigenvalue weighted by molar-refractivity contribution is -0.124. The summed E-state index contributed by atoms with van der Waals surface area (Å²) in [4.78, 5) is 11.6. The summed E-state index contributed by atoms with van der Waals surface area (Å²) < 4.78 is 0. The second-order valence-corrected chi connectivity index (χ2v) is 4.56. The number of benzene rings is 1. The van der Waals surface area contributed by atoms with Crippen LogP contribution in [0.5, 0.6) is 0 Å². The molecule has 0 aliphatic heterocycles. The minimum atomic E-state index is 0. The van der Waals surface area contributed by atoms with E-state index in [1.54, 1.807) is 0 Å². The average Bonchev–Trinajstić information content (AvgIpc) is 2.32. The van der Waals surface area contributed by atoms with Crippen molar-refractivity contribution < 1.29 is 4.79 Å². The summed E-state index contributed by atoms with van der Waals surface area (Å²) in [6.45, 7) is 3.27. The number of amides is 1. The first-order valence-electron chi connectivity index (χ1n) is 5.80. The molecule has 1 atom stereocenters. The van der Waals surface area contributed by atoms with Gasteiger partial charge in [0.2, 0.25) is 5.91 Å². The summed E-state index contributed by atoms with van der Waals surface area (Å²) in [7, 11) is 1.84. The van der Waals surface area contributed by atoms with E-state index in [0.717, 1.165) is 11.4 Å². The molecule has 0 fully saturated rings. The fraction of sp³-hybridized carbons (Fsp3) is 0.462. The Morgan fingerprint density at radius 3 is 2.50 bits per heavy atom. The lowest BCUT2D eigenvalue weighted by Gasteiger charge is -2.11. The molecule has 1 aromatic carbocycles. The Morgan fingerprint density at radius 2 is 1.94 bits per heavy atom. The smallest absolute Gasteiger partial charge is 0.224 e. The lowest BCUT2D eigenvalue weighted by Crippen LogP contribution is -2.35. The predicted molar refractivity (Wildman–Crippen MR) is 78.5 cm³/mol. The van der Waals surface area contributed by atoms with E-state index >= 15 is 0 Å². The number of carbonyl (C=O) groups excluding carboxylic acids is 1. The largest absolute Gasteiger partial charge is 0.355 e. The summed E-state index contributed by atoms with van der Waals surface area (Å²) in [5.74, 6) is 0.0959. The highest BCUT2D eigenvalue weighted by Crippen LogP contribution is 2.09. The molecule has 0 bridgehead atoms. The monoisotopic (exact) mass is 290 g/mol. The zero-order valence-electron chi connectivity index (χ0n) is 10.7. The summed E-state index contributed by atoms with van der Waals surface area (Å²) in [6, 6.07) is 7.68. The third kappa shape index (κ3) is 6.24. The normalized spacial score (nSPS) is 11.5. The van der Waals surface area contributed by atoms with E-state index in [4.69, 9.17) is 11.6 Å². The summed E-state index contributed by atoms with van der Waals surface area (Å²) in [5, 5.41) is 6.64. The number of rotatable bonds is 6. The SMILES string of the molecule is CNCC(C)C(=O)NCCc1ccc(Cl)cc1.Cl. The molecule has 0 aliphatic carbocycles. The molecule has 1 amide bonds. The highest BCUT2D eigenvalue weighted by molar-refractivity contribution is 6.30. The van der Waals surface area contributed by atoms with Crippen LogP contribution in [0.2, 0.25) is 5.02 Å². The van der Waals surface area contributed by atoms with Crippen LogP contribution in [0, 0.1) is 5.92 Å². The van der Waals surface area contributed by atoms with Crippen LogP contribution in [0.25, 0.3) is 0 Å². The first kappa shape index (κ1) is 17.2. The molecular weight excluding hydrogens is 271 g/mol. The van der Waals surface area contributed by atoms with Crippen molar-refractivity contribution in [1.29, 1.82) is 0 Å². The fourth-order valence-corrected chi connectivity index (χ4v) is 1.68. The topological polar surface area (TPSA) is 41.1 Å². The number of carbonyl (C=O) groups is 1. The molecular formula is C13H20Cl2N2O. The number of nitrogens with one attached hydrogen (secondary N) is 2. The van der Waals surface area contributed by atoms with E-state index in [1.807, 2.05) is 38.2 Å². The van der Waals surface area contributed by atoms with Gasteiger partial charge in [-0.15, -0.1) is 12.4 Å². The maximum Gasteiger partial charge on any atom is 0.224 e. The van der Waals surface area contributed by atoms with Gasteiger partial charge < -0.3 is 10.6 Å². The van der Waals surface area contributed by atoms with Crippen LogP contribution in [-0.2, 0) is 11.2 Å². The first-order valence-corrected chi connectivity index (χ1v) is 6.18. The zero-order valence-corrected chi connectivity index (χ0v) is 12.3. The average molecular weight is 291 g/mol. The van der Waals surface area contributed by atoms with Gasteiger partial charge in [0.1, 0.15) is 0 Å². The van der Waals surface area contributed by atoms with E-state index in [2.05, 4.69) is 10.6 Å². The van der Waals surface area contributed by atoms with Crippen molar-refractivity contribution in [3.63, 3.8) is 0 Å². The predicted octanol–water partition coefficient (Wildman–Crippen LogP) is 2.28. The Hall–Kier alpha value is -0.770. The molecule has 0 heterocycles. The Bertz CT molecular complexity index is 355. The van der Waals surface area contributed by atoms with E-state index in [0.29, 0.717) is 13.1 Å². The Kier molecular flexibility index (Phi) is 8.81. The Balaban J connectivity index is 0.00000289. The zero-order chi connectivity index (χ0) is 12.7. The summed E-state index contributed by atoms with van der Waals surface area (Å²) in [6.07, 6.45) is 0.829. The van der Waals surface area contributed by atoms with Crippen LogP contribution in [0.3, 0.4) is 0 Å². The Labute approximate surface area is 120 Å². The molecule has 1 aromatic rings. The maximum atomic E-state index is 11.6. The van der Waals surface area contributed by atoms with E-state index < -0.39 is 0 Å².